The summed E-state index contributed by atoms with van der Waals surface area (Å²) in [4.78, 5) is 16.8. The van der Waals surface area contributed by atoms with Crippen molar-refractivity contribution in [2.75, 3.05) is 38.5 Å². The minimum absolute atomic E-state index is 0.0943. The maximum absolute atomic E-state index is 12.3. The fraction of sp³-hybridized carbons (Fsp3) is 0.381. The lowest BCUT2D eigenvalue weighted by Crippen LogP contribution is -2.50. The quantitative estimate of drug-likeness (QED) is 0.578. The van der Waals surface area contributed by atoms with Crippen LogP contribution in [-0.2, 0) is 4.79 Å². The molecule has 0 amide bonds. The van der Waals surface area contributed by atoms with Gasteiger partial charge in [-0.15, -0.1) is 5.10 Å². The van der Waals surface area contributed by atoms with Crippen LogP contribution in [0.5, 0.6) is 0 Å². The van der Waals surface area contributed by atoms with E-state index in [1.807, 2.05) is 24.4 Å². The number of rotatable bonds is 5. The molecule has 0 unspecified atom stereocenters. The molecule has 1 fully saturated rings. The van der Waals surface area contributed by atoms with Gasteiger partial charge >= 0.3 is 0 Å². The number of quaternary nitrogens is 1. The zero-order chi connectivity index (χ0) is 20.4. The number of aliphatic hydroxyl groups excluding tert-OH is 1. The molecule has 2 aromatic rings. The number of aliphatic imine (C=N–C) groups is 1. The van der Waals surface area contributed by atoms with E-state index in [0.29, 0.717) is 11.5 Å². The van der Waals surface area contributed by atoms with Gasteiger partial charge in [0.25, 0.3) is 0 Å². The maximum Gasteiger partial charge on any atom is 0.207 e. The van der Waals surface area contributed by atoms with Gasteiger partial charge in [-0.2, -0.15) is 0 Å². The molecule has 7 nitrogen and oxygen atoms in total. The number of halogens is 1. The zero-order valence-electron chi connectivity index (χ0n) is 16.4. The standard InChI is InChI=1S/C21H24ClN5O2/c1-27(10-5-2-6-11-27)12-8-23-21-20(17-7-3-4-9-26(17)25-21)24-16-13-15(22)18(28)14-19(16)29/h3-4,7,9,13-14H,2,5-6,8,10-12H2,1H3,(H-,23,25,28,29)/p+1. The Bertz CT molecular complexity index is 1030. The van der Waals surface area contributed by atoms with E-state index >= 15 is 0 Å². The molecule has 2 aromatic heterocycles. The number of aromatic nitrogens is 2. The highest BCUT2D eigenvalue weighted by atomic mass is 35.5. The van der Waals surface area contributed by atoms with Crippen molar-refractivity contribution in [3.63, 3.8) is 0 Å². The number of nitrogens with one attached hydrogen (secondary N) is 1. The molecule has 2 aliphatic rings. The molecule has 0 aromatic carbocycles. The molecule has 2 N–H and O–H groups in total. The summed E-state index contributed by atoms with van der Waals surface area (Å²) in [6.45, 7) is 4.18. The number of ketones is 1. The van der Waals surface area contributed by atoms with E-state index in [-0.39, 0.29) is 22.3 Å². The van der Waals surface area contributed by atoms with Gasteiger partial charge in [-0.1, -0.05) is 17.7 Å². The highest BCUT2D eigenvalue weighted by molar-refractivity contribution is 6.52. The SMILES string of the molecule is C[N+]1(CCNc2nn3ccccc3c2N=C2C=C(Cl)C(O)=CC2=O)CCCCC1. The monoisotopic (exact) mass is 414 g/mol. The number of carbonyl (C=O) groups excluding carboxylic acids is 1. The summed E-state index contributed by atoms with van der Waals surface area (Å²) < 4.78 is 2.80. The molecule has 4 rings (SSSR count). The van der Waals surface area contributed by atoms with Gasteiger partial charge in [-0.3, -0.25) is 4.79 Å². The summed E-state index contributed by atoms with van der Waals surface area (Å²) in [6.07, 6.45) is 8.19. The Hall–Kier alpha value is -2.64. The van der Waals surface area contributed by atoms with Gasteiger partial charge in [0.1, 0.15) is 17.2 Å². The van der Waals surface area contributed by atoms with Crippen LogP contribution in [0.2, 0.25) is 0 Å². The Balaban J connectivity index is 1.61. The third-order valence-corrected chi connectivity index (χ3v) is 5.92. The molecule has 0 saturated carbocycles. The van der Waals surface area contributed by atoms with Gasteiger partial charge in [0.2, 0.25) is 5.78 Å². The summed E-state index contributed by atoms with van der Waals surface area (Å²) >= 11 is 5.98. The number of pyridine rings is 1. The summed E-state index contributed by atoms with van der Waals surface area (Å²) in [5.74, 6) is -0.00440. The van der Waals surface area contributed by atoms with E-state index in [4.69, 9.17) is 11.6 Å². The smallest absolute Gasteiger partial charge is 0.207 e. The second-order valence-corrected chi connectivity index (χ2v) is 8.30. The molecule has 8 heteroatoms. The molecule has 0 atom stereocenters. The lowest BCUT2D eigenvalue weighted by molar-refractivity contribution is -0.912. The third kappa shape index (κ3) is 4.21. The van der Waals surface area contributed by atoms with Gasteiger partial charge in [0.05, 0.1) is 43.8 Å². The van der Waals surface area contributed by atoms with Crippen molar-refractivity contribution >= 4 is 40.1 Å². The van der Waals surface area contributed by atoms with Gasteiger partial charge in [-0.05, 0) is 37.5 Å². The predicted octanol–water partition coefficient (Wildman–Crippen LogP) is 3.60. The number of carbonyl (C=O) groups is 1. The molecule has 3 heterocycles. The van der Waals surface area contributed by atoms with Gasteiger partial charge in [0, 0.05) is 12.3 Å². The Morgan fingerprint density at radius 2 is 2.07 bits per heavy atom. The molecule has 1 aliphatic heterocycles. The van der Waals surface area contributed by atoms with E-state index in [0.717, 1.165) is 29.2 Å². The van der Waals surface area contributed by atoms with E-state index in [1.54, 1.807) is 4.52 Å². The highest BCUT2D eigenvalue weighted by Gasteiger charge is 2.25. The Kier molecular flexibility index (Phi) is 5.43. The fourth-order valence-electron chi connectivity index (χ4n) is 3.90. The van der Waals surface area contributed by atoms with Crippen LogP contribution in [0.3, 0.4) is 0 Å². The summed E-state index contributed by atoms with van der Waals surface area (Å²) in [5.41, 5.74) is 1.55. The van der Waals surface area contributed by atoms with E-state index < -0.39 is 0 Å². The van der Waals surface area contributed by atoms with Gasteiger partial charge in [0.15, 0.2) is 5.82 Å². The topological polar surface area (TPSA) is 79.0 Å². The lowest BCUT2D eigenvalue weighted by atomic mass is 10.1. The average molecular weight is 415 g/mol. The normalized spacial score (nSPS) is 20.6. The Morgan fingerprint density at radius 1 is 1.28 bits per heavy atom. The first-order valence-electron chi connectivity index (χ1n) is 9.91. The fourth-order valence-corrected chi connectivity index (χ4v) is 4.06. The molecule has 0 bridgehead atoms. The van der Waals surface area contributed by atoms with Crippen molar-refractivity contribution in [1.82, 2.24) is 9.61 Å². The Labute approximate surface area is 174 Å². The molecule has 1 saturated heterocycles. The molecule has 29 heavy (non-hydrogen) atoms. The number of piperidine rings is 1. The van der Waals surface area contributed by atoms with Crippen LogP contribution in [0.4, 0.5) is 11.5 Å². The van der Waals surface area contributed by atoms with Gasteiger partial charge in [-0.25, -0.2) is 9.51 Å². The number of hydrogen-bond acceptors (Lipinski definition) is 5. The number of allylic oxidation sites excluding steroid dienone is 3. The highest BCUT2D eigenvalue weighted by Crippen LogP contribution is 2.31. The predicted molar refractivity (Wildman–Crippen MR) is 115 cm³/mol. The molecule has 0 radical (unpaired) electrons. The molecular weight excluding hydrogens is 390 g/mol. The summed E-state index contributed by atoms with van der Waals surface area (Å²) in [5, 5.41) is 17.8. The maximum atomic E-state index is 12.3. The number of aliphatic hydroxyl groups is 1. The average Bonchev–Trinajstić information content (AvgIpc) is 3.04. The number of likely N-dealkylation sites (N-methyl/N-ethyl adjacent to an activating group) is 1. The van der Waals surface area contributed by atoms with Crippen molar-refractivity contribution in [1.29, 1.82) is 0 Å². The van der Waals surface area contributed by atoms with Crippen LogP contribution in [0.1, 0.15) is 19.3 Å². The summed E-state index contributed by atoms with van der Waals surface area (Å²) in [6, 6.07) is 5.70. The first kappa shape index (κ1) is 19.7. The van der Waals surface area contributed by atoms with E-state index in [9.17, 15) is 9.90 Å². The second kappa shape index (κ2) is 8.00. The number of likely N-dealkylation sites (tertiary alicyclic amines) is 1. The van der Waals surface area contributed by atoms with Crippen LogP contribution < -0.4 is 5.32 Å². The van der Waals surface area contributed by atoms with Crippen LogP contribution in [-0.4, -0.2) is 63.9 Å². The van der Waals surface area contributed by atoms with Crippen LogP contribution in [0, 0.1) is 0 Å². The second-order valence-electron chi connectivity index (χ2n) is 7.89. The van der Waals surface area contributed by atoms with Crippen molar-refractivity contribution in [3.05, 3.63) is 47.3 Å². The third-order valence-electron chi connectivity index (χ3n) is 5.61. The zero-order valence-corrected chi connectivity index (χ0v) is 17.2. The first-order chi connectivity index (χ1) is 14.0. The summed E-state index contributed by atoms with van der Waals surface area (Å²) in [7, 11) is 2.30. The van der Waals surface area contributed by atoms with E-state index in [2.05, 4.69) is 22.5 Å². The number of nitrogens with zero attached hydrogens (tertiary/aromatic N) is 4. The largest absolute Gasteiger partial charge is 0.506 e. The van der Waals surface area contributed by atoms with Gasteiger partial charge < -0.3 is 14.9 Å². The minimum atomic E-state index is -0.389. The molecular formula is C21H25ClN5O2+. The molecule has 152 valence electrons. The van der Waals surface area contributed by atoms with Crippen molar-refractivity contribution < 1.29 is 14.4 Å². The van der Waals surface area contributed by atoms with Crippen molar-refractivity contribution in [3.8, 4) is 0 Å². The van der Waals surface area contributed by atoms with E-state index in [1.165, 1.54) is 38.4 Å². The first-order valence-corrected chi connectivity index (χ1v) is 10.3. The minimum Gasteiger partial charge on any atom is -0.506 e. The van der Waals surface area contributed by atoms with Crippen LogP contribution in [0.25, 0.3) is 5.52 Å². The number of fused-ring (bicyclic) bond motifs is 1. The number of anilines is 1. The van der Waals surface area contributed by atoms with Crippen molar-refractivity contribution in [2.24, 2.45) is 4.99 Å². The van der Waals surface area contributed by atoms with Crippen molar-refractivity contribution in [2.45, 2.75) is 19.3 Å². The van der Waals surface area contributed by atoms with Crippen LogP contribution in [0.15, 0.2) is 52.3 Å². The molecule has 0 spiro atoms. The lowest BCUT2D eigenvalue weighted by Gasteiger charge is -2.37. The Morgan fingerprint density at radius 3 is 2.86 bits per heavy atom. The molecule has 1 aliphatic carbocycles. The number of hydrogen-bond donors (Lipinski definition) is 2. The van der Waals surface area contributed by atoms with Crippen LogP contribution >= 0.6 is 11.6 Å².